The standard InChI is InChI=1S/C18H13F4N5O6/c19-9-3-1-7(18(20,21)22)5-10(9)24-16(29)27-15-13(14(23)28)25-11(26-15)6-8-2-4-12(32-8)33-17(30)31/h1-5H,6H2,(H2,23,28)(H,25,26)(H,30,31)(H2,24,27,29). The molecule has 2 heterocycles. The Morgan fingerprint density at radius 2 is 1.91 bits per heavy atom. The van der Waals surface area contributed by atoms with Gasteiger partial charge in [0.1, 0.15) is 23.1 Å². The number of carbonyl (C=O) groups is 3. The number of alkyl halides is 3. The van der Waals surface area contributed by atoms with Gasteiger partial charge in [-0.1, -0.05) is 0 Å². The van der Waals surface area contributed by atoms with E-state index in [9.17, 15) is 31.9 Å². The molecule has 6 N–H and O–H groups in total. The number of hydrogen-bond acceptors (Lipinski definition) is 6. The molecule has 0 aliphatic rings. The SMILES string of the molecule is NC(=O)c1[nH]c(Cc2ccc(OC(=O)O)o2)nc1NC(=O)Nc1cc(C(F)(F)F)ccc1F. The number of imidazole rings is 1. The third-order valence-electron chi connectivity index (χ3n) is 3.94. The van der Waals surface area contributed by atoms with Crippen molar-refractivity contribution in [1.29, 1.82) is 0 Å². The van der Waals surface area contributed by atoms with E-state index in [-0.39, 0.29) is 29.6 Å². The van der Waals surface area contributed by atoms with E-state index in [1.807, 2.05) is 5.32 Å². The number of nitrogens with zero attached hydrogens (tertiary/aromatic N) is 1. The first-order chi connectivity index (χ1) is 15.4. The molecule has 2 aromatic heterocycles. The van der Waals surface area contributed by atoms with Crippen molar-refractivity contribution in [2.45, 2.75) is 12.6 Å². The summed E-state index contributed by atoms with van der Waals surface area (Å²) in [5, 5.41) is 12.5. The van der Waals surface area contributed by atoms with Gasteiger partial charge in [0.15, 0.2) is 5.82 Å². The van der Waals surface area contributed by atoms with E-state index in [0.717, 1.165) is 0 Å². The molecule has 0 bridgehead atoms. The smallest absolute Gasteiger partial charge is 0.449 e. The zero-order chi connectivity index (χ0) is 24.3. The van der Waals surface area contributed by atoms with Crippen molar-refractivity contribution >= 4 is 29.6 Å². The normalized spacial score (nSPS) is 11.2. The highest BCUT2D eigenvalue weighted by Crippen LogP contribution is 2.32. The molecule has 11 nitrogen and oxygen atoms in total. The zero-order valence-electron chi connectivity index (χ0n) is 16.1. The number of carbonyl (C=O) groups excluding carboxylic acids is 2. The van der Waals surface area contributed by atoms with Crippen LogP contribution in [-0.2, 0) is 12.6 Å². The van der Waals surface area contributed by atoms with Gasteiger partial charge in [-0.25, -0.2) is 19.0 Å². The van der Waals surface area contributed by atoms with E-state index < -0.39 is 47.2 Å². The van der Waals surface area contributed by atoms with Gasteiger partial charge in [-0.3, -0.25) is 10.1 Å². The molecule has 0 radical (unpaired) electrons. The van der Waals surface area contributed by atoms with Gasteiger partial charge in [0.05, 0.1) is 17.7 Å². The molecule has 0 saturated heterocycles. The number of H-pyrrole nitrogens is 1. The number of hydrogen-bond donors (Lipinski definition) is 5. The Morgan fingerprint density at radius 3 is 2.55 bits per heavy atom. The fourth-order valence-corrected chi connectivity index (χ4v) is 2.59. The molecule has 3 amide bonds. The van der Waals surface area contributed by atoms with Crippen molar-refractivity contribution in [1.82, 2.24) is 9.97 Å². The van der Waals surface area contributed by atoms with Crippen molar-refractivity contribution in [3.8, 4) is 5.95 Å². The first-order valence-corrected chi connectivity index (χ1v) is 8.75. The third-order valence-corrected chi connectivity index (χ3v) is 3.94. The van der Waals surface area contributed by atoms with E-state index in [1.54, 1.807) is 0 Å². The Labute approximate surface area is 180 Å². The van der Waals surface area contributed by atoms with Crippen LogP contribution in [0.1, 0.15) is 27.6 Å². The molecular formula is C18H13F4N5O6. The van der Waals surface area contributed by atoms with Gasteiger partial charge >= 0.3 is 18.4 Å². The van der Waals surface area contributed by atoms with Gasteiger partial charge < -0.3 is 30.3 Å². The summed E-state index contributed by atoms with van der Waals surface area (Å²) in [6.45, 7) is 0. The maximum Gasteiger partial charge on any atom is 0.513 e. The lowest BCUT2D eigenvalue weighted by atomic mass is 10.2. The topological polar surface area (TPSA) is 173 Å². The van der Waals surface area contributed by atoms with Gasteiger partial charge in [0.25, 0.3) is 11.9 Å². The van der Waals surface area contributed by atoms with Crippen LogP contribution in [0.3, 0.4) is 0 Å². The number of benzene rings is 1. The van der Waals surface area contributed by atoms with Crippen LogP contribution in [0, 0.1) is 5.82 Å². The molecule has 1 aromatic carbocycles. The van der Waals surface area contributed by atoms with Crippen LogP contribution < -0.4 is 21.1 Å². The summed E-state index contributed by atoms with van der Waals surface area (Å²) in [5.74, 6) is -2.67. The lowest BCUT2D eigenvalue weighted by molar-refractivity contribution is -0.137. The van der Waals surface area contributed by atoms with E-state index in [1.165, 1.54) is 12.1 Å². The van der Waals surface area contributed by atoms with Gasteiger partial charge in [-0.15, -0.1) is 0 Å². The van der Waals surface area contributed by atoms with Crippen LogP contribution in [0.4, 0.5) is 38.7 Å². The predicted molar refractivity (Wildman–Crippen MR) is 101 cm³/mol. The van der Waals surface area contributed by atoms with Gasteiger partial charge in [0, 0.05) is 6.07 Å². The molecule has 3 rings (SSSR count). The van der Waals surface area contributed by atoms with E-state index in [0.29, 0.717) is 18.2 Å². The summed E-state index contributed by atoms with van der Waals surface area (Å²) in [5.41, 5.74) is 2.91. The highest BCUT2D eigenvalue weighted by Gasteiger charge is 2.31. The minimum Gasteiger partial charge on any atom is -0.449 e. The van der Waals surface area contributed by atoms with Crippen LogP contribution in [0.15, 0.2) is 34.7 Å². The molecule has 0 atom stereocenters. The van der Waals surface area contributed by atoms with Crippen molar-refractivity contribution in [3.63, 3.8) is 0 Å². The monoisotopic (exact) mass is 471 g/mol. The molecule has 15 heteroatoms. The fraction of sp³-hybridized carbons (Fsp3) is 0.111. The first-order valence-electron chi connectivity index (χ1n) is 8.75. The highest BCUT2D eigenvalue weighted by molar-refractivity contribution is 6.04. The Balaban J connectivity index is 1.76. The Bertz CT molecular complexity index is 1220. The average Bonchev–Trinajstić information content (AvgIpc) is 3.29. The first kappa shape index (κ1) is 23.1. The quantitative estimate of drug-likeness (QED) is 0.270. The van der Waals surface area contributed by atoms with Gasteiger partial charge in [0.2, 0.25) is 0 Å². The van der Waals surface area contributed by atoms with Crippen LogP contribution >= 0.6 is 0 Å². The summed E-state index contributed by atoms with van der Waals surface area (Å²) >= 11 is 0. The molecule has 3 aromatic rings. The molecule has 0 spiro atoms. The Morgan fingerprint density at radius 1 is 1.18 bits per heavy atom. The van der Waals surface area contributed by atoms with E-state index in [4.69, 9.17) is 15.3 Å². The van der Waals surface area contributed by atoms with E-state index >= 15 is 0 Å². The largest absolute Gasteiger partial charge is 0.513 e. The number of carboxylic acid groups (broad SMARTS) is 1. The third kappa shape index (κ3) is 5.78. The number of ether oxygens (including phenoxy) is 1. The maximum absolute atomic E-state index is 13.8. The summed E-state index contributed by atoms with van der Waals surface area (Å²) in [4.78, 5) is 40.8. The molecule has 0 fully saturated rings. The number of furan rings is 1. The maximum atomic E-state index is 13.8. The number of urea groups is 1. The van der Waals surface area contributed by atoms with Crippen molar-refractivity contribution in [2.75, 3.05) is 10.6 Å². The number of primary amides is 1. The zero-order valence-corrected chi connectivity index (χ0v) is 16.1. The number of halogens is 4. The summed E-state index contributed by atoms with van der Waals surface area (Å²) in [6, 6.07) is 2.81. The summed E-state index contributed by atoms with van der Waals surface area (Å²) in [7, 11) is 0. The van der Waals surface area contributed by atoms with Crippen LogP contribution in [0.2, 0.25) is 0 Å². The second-order valence-corrected chi connectivity index (χ2v) is 6.31. The molecule has 0 saturated carbocycles. The minimum absolute atomic E-state index is 0.0422. The highest BCUT2D eigenvalue weighted by atomic mass is 19.4. The van der Waals surface area contributed by atoms with Crippen molar-refractivity contribution in [2.24, 2.45) is 5.73 Å². The molecule has 0 aliphatic carbocycles. The minimum atomic E-state index is -4.77. The number of aromatic nitrogens is 2. The molecule has 0 aliphatic heterocycles. The predicted octanol–water partition coefficient (Wildman–Crippen LogP) is 3.55. The second kappa shape index (κ2) is 8.89. The number of rotatable bonds is 6. The number of nitrogens with two attached hydrogens (primary N) is 1. The lowest BCUT2D eigenvalue weighted by Crippen LogP contribution is -2.23. The van der Waals surface area contributed by atoms with Crippen LogP contribution in [-0.4, -0.2) is 33.2 Å². The number of amides is 3. The van der Waals surface area contributed by atoms with Crippen molar-refractivity contribution < 1.29 is 46.2 Å². The van der Waals surface area contributed by atoms with E-state index in [2.05, 4.69) is 20.0 Å². The molecule has 174 valence electrons. The van der Waals surface area contributed by atoms with Crippen molar-refractivity contribution in [3.05, 3.63) is 59.0 Å². The van der Waals surface area contributed by atoms with Gasteiger partial charge in [-0.2, -0.15) is 13.2 Å². The lowest BCUT2D eigenvalue weighted by Gasteiger charge is -2.11. The number of nitrogens with one attached hydrogen (secondary N) is 3. The Kier molecular flexibility index (Phi) is 6.23. The van der Waals surface area contributed by atoms with Crippen LogP contribution in [0.25, 0.3) is 0 Å². The molecular weight excluding hydrogens is 458 g/mol. The summed E-state index contributed by atoms with van der Waals surface area (Å²) < 4.78 is 61.7. The molecule has 0 unspecified atom stereocenters. The number of anilines is 2. The van der Waals surface area contributed by atoms with Crippen LogP contribution in [0.5, 0.6) is 5.95 Å². The fourth-order valence-electron chi connectivity index (χ4n) is 2.59. The average molecular weight is 471 g/mol. The second-order valence-electron chi connectivity index (χ2n) is 6.31. The van der Waals surface area contributed by atoms with Gasteiger partial charge in [-0.05, 0) is 24.3 Å². The summed E-state index contributed by atoms with van der Waals surface area (Å²) in [6.07, 6.45) is -6.48. The molecule has 33 heavy (non-hydrogen) atoms. The Hall–Kier alpha value is -4.56. The number of aromatic amines is 1.